The van der Waals surface area contributed by atoms with Crippen molar-refractivity contribution in [3.05, 3.63) is 0 Å². The van der Waals surface area contributed by atoms with E-state index in [0.717, 1.165) is 302 Å². The summed E-state index contributed by atoms with van der Waals surface area (Å²) in [4.78, 5) is 70.2. The third-order valence-corrected chi connectivity index (χ3v) is 24.1. The minimum Gasteiger partial charge on any atom is -0.466 e. The molecule has 122 heavy (non-hydrogen) atoms. The largest absolute Gasteiger partial charge is 0.466 e. The van der Waals surface area contributed by atoms with Gasteiger partial charge < -0.3 is 64.3 Å². The molecule has 0 aromatic heterocycles. The fourth-order valence-corrected chi connectivity index (χ4v) is 16.0. The number of hydrogen-bond acceptors (Lipinski definition) is 17. The van der Waals surface area contributed by atoms with Crippen LogP contribution in [0.1, 0.15) is 567 Å². The highest BCUT2D eigenvalue weighted by Gasteiger charge is 2.17. The Labute approximate surface area is 752 Å². The standard InChI is InChI=1S/C39H76O5.2C33H64O6/c1-3-5-7-9-11-13-15-17-19-21-23-25-27-29-31-33-38(41)43-35-37(40)36-44-39(42)34-32-30-28-26-24-22-20-18-16-14-12-10-8-6-4-2;1-30(36)22-14-6-2-4-8-17-25-32(26-18-11-13-21-29-35)39-33(38)27-19-9-5-3-7-15-23-31(37)24-16-10-12-20-28-34;1-30(35)22-14-6-2-3-7-15-24-32(37)26-18-11-13-21-29-39-33(38)27-19-9-5-4-8-16-23-31(36)25-17-10-12-20-28-34/h37,40H,3-36H2,1-2H3;31-32,34-35,37H,2-29H2,1H3;31-32,34,36-37H,2-29H2,1H3. The van der Waals surface area contributed by atoms with Crippen molar-refractivity contribution in [2.24, 2.45) is 0 Å². The molecule has 0 saturated heterocycles. The van der Waals surface area contributed by atoms with Crippen LogP contribution in [0, 0.1) is 0 Å². The van der Waals surface area contributed by atoms with E-state index < -0.39 is 6.10 Å². The number of esters is 4. The van der Waals surface area contributed by atoms with Crippen LogP contribution in [0.15, 0.2) is 0 Å². The van der Waals surface area contributed by atoms with Crippen LogP contribution >= 0.6 is 0 Å². The predicted molar refractivity (Wildman–Crippen MR) is 509 cm³/mol. The lowest BCUT2D eigenvalue weighted by Gasteiger charge is -2.18. The van der Waals surface area contributed by atoms with Gasteiger partial charge in [-0.2, -0.15) is 0 Å². The molecule has 0 bridgehead atoms. The zero-order valence-corrected chi connectivity index (χ0v) is 80.7. The molecular weight excluding hydrogens is 1530 g/mol. The first-order valence-corrected chi connectivity index (χ1v) is 52.7. The van der Waals surface area contributed by atoms with Crippen LogP contribution in [-0.2, 0) is 47.7 Å². The smallest absolute Gasteiger partial charge is 0.306 e. The molecule has 7 N–H and O–H groups in total. The van der Waals surface area contributed by atoms with E-state index in [4.69, 9.17) is 34.3 Å². The highest BCUT2D eigenvalue weighted by molar-refractivity contribution is 5.75. The van der Waals surface area contributed by atoms with Gasteiger partial charge in [0.2, 0.25) is 0 Å². The van der Waals surface area contributed by atoms with Gasteiger partial charge in [-0.3, -0.25) is 19.2 Å². The molecule has 0 aliphatic rings. The van der Waals surface area contributed by atoms with E-state index in [-0.39, 0.29) is 92.9 Å². The normalized spacial score (nSPS) is 12.4. The van der Waals surface area contributed by atoms with Gasteiger partial charge in [0.05, 0.1) is 24.9 Å². The van der Waals surface area contributed by atoms with Gasteiger partial charge in [0, 0.05) is 58.3 Å². The Bertz CT molecular complexity index is 2080. The zero-order chi connectivity index (χ0) is 89.8. The summed E-state index contributed by atoms with van der Waals surface area (Å²) in [6.07, 6.45) is 90.3. The topological polar surface area (TPSA) is 281 Å². The van der Waals surface area contributed by atoms with Crippen LogP contribution in [-0.4, -0.2) is 141 Å². The summed E-state index contributed by atoms with van der Waals surface area (Å²) in [5, 5.41) is 66.8. The van der Waals surface area contributed by atoms with Crippen molar-refractivity contribution < 1.29 is 83.5 Å². The molecular formula is C105H204O17. The number of ketones is 2. The molecule has 0 amide bonds. The highest BCUT2D eigenvalue weighted by Crippen LogP contribution is 2.23. The first kappa shape index (κ1) is 123. The van der Waals surface area contributed by atoms with Gasteiger partial charge in [0.1, 0.15) is 37.0 Å². The number of ether oxygens (including phenoxy) is 4. The van der Waals surface area contributed by atoms with Gasteiger partial charge in [-0.25, -0.2) is 0 Å². The van der Waals surface area contributed by atoms with Crippen LogP contribution in [0.5, 0.6) is 0 Å². The monoisotopic (exact) mass is 1740 g/mol. The third-order valence-electron chi connectivity index (χ3n) is 24.1. The minimum atomic E-state index is -0.954. The van der Waals surface area contributed by atoms with Crippen LogP contribution in [0.2, 0.25) is 0 Å². The summed E-state index contributed by atoms with van der Waals surface area (Å²) in [5.74, 6) is -0.114. The number of aliphatic hydroxyl groups excluding tert-OH is 7. The van der Waals surface area contributed by atoms with Crippen molar-refractivity contribution in [3.63, 3.8) is 0 Å². The second-order valence-corrected chi connectivity index (χ2v) is 36.7. The van der Waals surface area contributed by atoms with Gasteiger partial charge in [-0.15, -0.1) is 0 Å². The molecule has 0 fully saturated rings. The van der Waals surface area contributed by atoms with E-state index in [2.05, 4.69) is 13.8 Å². The zero-order valence-electron chi connectivity index (χ0n) is 80.7. The molecule has 4 atom stereocenters. The van der Waals surface area contributed by atoms with Gasteiger partial charge in [-0.1, -0.05) is 386 Å². The molecule has 0 aliphatic heterocycles. The Morgan fingerprint density at radius 1 is 0.205 bits per heavy atom. The van der Waals surface area contributed by atoms with Crippen molar-refractivity contribution >= 4 is 35.4 Å². The minimum absolute atomic E-state index is 0.0189. The second kappa shape index (κ2) is 105. The van der Waals surface area contributed by atoms with E-state index in [1.54, 1.807) is 13.8 Å². The van der Waals surface area contributed by atoms with Crippen molar-refractivity contribution in [2.45, 2.75) is 598 Å². The van der Waals surface area contributed by atoms with Crippen molar-refractivity contribution in [1.82, 2.24) is 0 Å². The molecule has 4 unspecified atom stereocenters. The van der Waals surface area contributed by atoms with Crippen molar-refractivity contribution in [1.29, 1.82) is 0 Å². The van der Waals surface area contributed by atoms with Crippen LogP contribution in [0.4, 0.5) is 0 Å². The van der Waals surface area contributed by atoms with E-state index in [9.17, 15) is 49.2 Å². The molecule has 17 nitrogen and oxygen atoms in total. The van der Waals surface area contributed by atoms with E-state index in [1.807, 2.05) is 0 Å². The Morgan fingerprint density at radius 3 is 0.631 bits per heavy atom. The number of rotatable bonds is 98. The molecule has 0 aromatic carbocycles. The van der Waals surface area contributed by atoms with Crippen molar-refractivity contribution in [3.8, 4) is 0 Å². The fourth-order valence-electron chi connectivity index (χ4n) is 16.0. The summed E-state index contributed by atoms with van der Waals surface area (Å²) >= 11 is 0. The summed E-state index contributed by atoms with van der Waals surface area (Å²) < 4.78 is 21.6. The van der Waals surface area contributed by atoms with E-state index in [1.165, 1.54) is 199 Å². The molecule has 0 rings (SSSR count). The molecule has 0 radical (unpaired) electrons. The summed E-state index contributed by atoms with van der Waals surface area (Å²) in [5.41, 5.74) is 0. The first-order valence-electron chi connectivity index (χ1n) is 52.7. The van der Waals surface area contributed by atoms with Crippen LogP contribution < -0.4 is 0 Å². The Kier molecular flexibility index (Phi) is 106. The SMILES string of the molecule is CC(=O)CCCCCCCCC(CCCCCCO)OC(=O)CCCCCCCCC(O)CCCCCCO.CC(=O)CCCCCCCCC(O)CCCCCCOC(=O)CCCCCCCCC(O)CCCCCCO.CCCCCCCCCCCCCCCCCC(=O)OCC(O)COC(=O)CCCCCCCCCCCCCCCCC. The van der Waals surface area contributed by atoms with Gasteiger partial charge in [0.15, 0.2) is 0 Å². The summed E-state index contributed by atoms with van der Waals surface area (Å²) in [6.45, 7) is 8.94. The number of unbranched alkanes of at least 4 members (excludes halogenated alkanes) is 60. The first-order chi connectivity index (χ1) is 59.5. The Hall–Kier alpha value is -3.06. The predicted octanol–water partition coefficient (Wildman–Crippen LogP) is 27.9. The number of carbonyl (C=O) groups is 6. The van der Waals surface area contributed by atoms with E-state index >= 15 is 0 Å². The average Bonchev–Trinajstić information content (AvgIpc) is 0.896. The third kappa shape index (κ3) is 109. The quantitative estimate of drug-likeness (QED) is 0.0169. The Morgan fingerprint density at radius 2 is 0.393 bits per heavy atom. The molecule has 0 heterocycles. The lowest BCUT2D eigenvalue weighted by molar-refractivity contribution is -0.153. The summed E-state index contributed by atoms with van der Waals surface area (Å²) in [6, 6.07) is 0. The summed E-state index contributed by atoms with van der Waals surface area (Å²) in [7, 11) is 0. The van der Waals surface area contributed by atoms with Crippen LogP contribution in [0.3, 0.4) is 0 Å². The molecule has 17 heteroatoms. The molecule has 0 aromatic rings. The van der Waals surface area contributed by atoms with E-state index in [0.29, 0.717) is 45.1 Å². The molecule has 0 spiro atoms. The number of carbonyl (C=O) groups excluding carboxylic acids is 6. The molecule has 726 valence electrons. The lowest BCUT2D eigenvalue weighted by atomic mass is 10.0. The maximum atomic E-state index is 12.5. The van der Waals surface area contributed by atoms with Gasteiger partial charge in [0.25, 0.3) is 0 Å². The van der Waals surface area contributed by atoms with Crippen molar-refractivity contribution in [2.75, 3.05) is 39.6 Å². The van der Waals surface area contributed by atoms with Gasteiger partial charge in [-0.05, 0) is 142 Å². The molecule has 0 saturated carbocycles. The fraction of sp³-hybridized carbons (Fsp3) is 0.943. The second-order valence-electron chi connectivity index (χ2n) is 36.7. The number of hydrogen-bond donors (Lipinski definition) is 7. The average molecular weight is 1740 g/mol. The maximum Gasteiger partial charge on any atom is 0.306 e. The number of aliphatic hydroxyl groups is 7. The molecule has 0 aliphatic carbocycles. The Balaban J connectivity index is -0.00000175. The van der Waals surface area contributed by atoms with Crippen LogP contribution in [0.25, 0.3) is 0 Å². The van der Waals surface area contributed by atoms with Gasteiger partial charge >= 0.3 is 23.9 Å². The maximum absolute atomic E-state index is 12.5. The number of Topliss-reactive ketones (excluding diaryl/α,β-unsaturated/α-hetero) is 2. The lowest BCUT2D eigenvalue weighted by Crippen LogP contribution is -2.25. The highest BCUT2D eigenvalue weighted by atomic mass is 16.6.